The molecule has 4 rings (SSSR count). The Kier molecular flexibility index (Phi) is 5.07. The number of likely N-dealkylation sites (tertiary alicyclic amines) is 1. The minimum atomic E-state index is 0.0103. The number of aromatic nitrogens is 1. The molecule has 0 bridgehead atoms. The van der Waals surface area contributed by atoms with Gasteiger partial charge in [0.15, 0.2) is 0 Å². The molecule has 0 radical (unpaired) electrons. The SMILES string of the molecule is COc1cccc(-c2ccc(C(=O)N3CCC(Oc4nccs4)C3)cc2)c1. The lowest BCUT2D eigenvalue weighted by molar-refractivity contribution is 0.0772. The zero-order valence-electron chi connectivity index (χ0n) is 15.0. The Bertz CT molecular complexity index is 909. The van der Waals surface area contributed by atoms with Gasteiger partial charge in [0, 0.05) is 30.1 Å². The minimum Gasteiger partial charge on any atom is -0.497 e. The summed E-state index contributed by atoms with van der Waals surface area (Å²) in [5, 5.41) is 2.55. The second-order valence-corrected chi connectivity index (χ2v) is 7.24. The van der Waals surface area contributed by atoms with Crippen LogP contribution < -0.4 is 9.47 Å². The van der Waals surface area contributed by atoms with Crippen molar-refractivity contribution in [3.05, 3.63) is 65.7 Å². The standard InChI is InChI=1S/C21H20N2O3S/c1-25-18-4-2-3-17(13-18)15-5-7-16(8-6-15)20(24)23-11-9-19(14-23)26-21-22-10-12-27-21/h2-8,10,12-13,19H,9,11,14H2,1H3. The number of hydrogen-bond acceptors (Lipinski definition) is 5. The van der Waals surface area contributed by atoms with E-state index in [1.807, 2.05) is 58.8 Å². The first-order valence-electron chi connectivity index (χ1n) is 8.83. The average Bonchev–Trinajstić information content (AvgIpc) is 3.40. The highest BCUT2D eigenvalue weighted by molar-refractivity contribution is 7.11. The van der Waals surface area contributed by atoms with Crippen LogP contribution in [0.2, 0.25) is 0 Å². The van der Waals surface area contributed by atoms with Gasteiger partial charge in [0.25, 0.3) is 11.1 Å². The molecule has 3 aromatic rings. The summed E-state index contributed by atoms with van der Waals surface area (Å²) in [6.07, 6.45) is 2.56. The largest absolute Gasteiger partial charge is 0.497 e. The van der Waals surface area contributed by atoms with E-state index in [1.54, 1.807) is 13.3 Å². The molecule has 1 aromatic heterocycles. The Morgan fingerprint density at radius 3 is 2.78 bits per heavy atom. The molecular formula is C21H20N2O3S. The summed E-state index contributed by atoms with van der Waals surface area (Å²) >= 11 is 1.47. The van der Waals surface area contributed by atoms with Crippen LogP contribution in [0.1, 0.15) is 16.8 Å². The zero-order chi connectivity index (χ0) is 18.6. The molecule has 138 valence electrons. The normalized spacial score (nSPS) is 16.3. The monoisotopic (exact) mass is 380 g/mol. The third-order valence-electron chi connectivity index (χ3n) is 4.64. The predicted octanol–water partition coefficient (Wildman–Crippen LogP) is 4.11. The fourth-order valence-electron chi connectivity index (χ4n) is 3.21. The molecule has 0 saturated carbocycles. The van der Waals surface area contributed by atoms with E-state index >= 15 is 0 Å². The molecule has 2 heterocycles. The molecule has 6 heteroatoms. The van der Waals surface area contributed by atoms with Crippen molar-refractivity contribution in [2.45, 2.75) is 12.5 Å². The number of ether oxygens (including phenoxy) is 2. The van der Waals surface area contributed by atoms with Crippen LogP contribution in [0.3, 0.4) is 0 Å². The van der Waals surface area contributed by atoms with Crippen molar-refractivity contribution in [2.24, 2.45) is 0 Å². The van der Waals surface area contributed by atoms with Crippen LogP contribution in [0.4, 0.5) is 0 Å². The third-order valence-corrected chi connectivity index (χ3v) is 5.31. The lowest BCUT2D eigenvalue weighted by atomic mass is 10.0. The van der Waals surface area contributed by atoms with E-state index in [0.717, 1.165) is 23.3 Å². The molecule has 2 aromatic carbocycles. The number of amides is 1. The number of benzene rings is 2. The maximum Gasteiger partial charge on any atom is 0.273 e. The molecule has 1 unspecified atom stereocenters. The average molecular weight is 380 g/mol. The molecule has 0 spiro atoms. The van der Waals surface area contributed by atoms with Gasteiger partial charge in [0.1, 0.15) is 11.9 Å². The van der Waals surface area contributed by atoms with Gasteiger partial charge in [-0.3, -0.25) is 4.79 Å². The minimum absolute atomic E-state index is 0.0103. The van der Waals surface area contributed by atoms with Crippen LogP contribution in [0, 0.1) is 0 Å². The van der Waals surface area contributed by atoms with E-state index in [-0.39, 0.29) is 12.0 Å². The summed E-state index contributed by atoms with van der Waals surface area (Å²) in [5.41, 5.74) is 2.81. The van der Waals surface area contributed by atoms with Crippen molar-refractivity contribution in [3.8, 4) is 22.1 Å². The molecule has 1 atom stereocenters. The first-order valence-corrected chi connectivity index (χ1v) is 9.71. The summed E-state index contributed by atoms with van der Waals surface area (Å²) < 4.78 is 11.1. The van der Waals surface area contributed by atoms with Gasteiger partial charge >= 0.3 is 0 Å². The number of thiazole rings is 1. The lowest BCUT2D eigenvalue weighted by Gasteiger charge is -2.17. The Morgan fingerprint density at radius 2 is 2.04 bits per heavy atom. The maximum absolute atomic E-state index is 12.8. The van der Waals surface area contributed by atoms with E-state index in [2.05, 4.69) is 4.98 Å². The molecule has 1 aliphatic rings. The van der Waals surface area contributed by atoms with Gasteiger partial charge in [-0.15, -0.1) is 0 Å². The van der Waals surface area contributed by atoms with E-state index in [0.29, 0.717) is 23.8 Å². The molecule has 1 fully saturated rings. The molecular weight excluding hydrogens is 360 g/mol. The number of carbonyl (C=O) groups is 1. The van der Waals surface area contributed by atoms with Gasteiger partial charge in [-0.1, -0.05) is 35.6 Å². The second kappa shape index (κ2) is 7.80. The highest BCUT2D eigenvalue weighted by atomic mass is 32.1. The Labute approximate surface area is 162 Å². The fourth-order valence-corrected chi connectivity index (χ4v) is 3.76. The van der Waals surface area contributed by atoms with Crippen LogP contribution in [-0.4, -0.2) is 42.1 Å². The first-order chi connectivity index (χ1) is 13.2. The molecule has 0 N–H and O–H groups in total. The second-order valence-electron chi connectivity index (χ2n) is 6.39. The van der Waals surface area contributed by atoms with Crippen molar-refractivity contribution in [2.75, 3.05) is 20.2 Å². The van der Waals surface area contributed by atoms with Crippen molar-refractivity contribution in [1.82, 2.24) is 9.88 Å². The fraction of sp³-hybridized carbons (Fsp3) is 0.238. The molecule has 1 saturated heterocycles. The van der Waals surface area contributed by atoms with Gasteiger partial charge in [0.2, 0.25) is 0 Å². The van der Waals surface area contributed by atoms with Gasteiger partial charge < -0.3 is 14.4 Å². The van der Waals surface area contributed by atoms with Gasteiger partial charge in [0.05, 0.1) is 13.7 Å². The number of nitrogens with zero attached hydrogens (tertiary/aromatic N) is 2. The zero-order valence-corrected chi connectivity index (χ0v) is 15.8. The summed E-state index contributed by atoms with van der Waals surface area (Å²) in [4.78, 5) is 18.8. The van der Waals surface area contributed by atoms with Crippen LogP contribution in [0.15, 0.2) is 60.1 Å². The van der Waals surface area contributed by atoms with Gasteiger partial charge in [-0.05, 0) is 35.4 Å². The topological polar surface area (TPSA) is 51.7 Å². The smallest absolute Gasteiger partial charge is 0.273 e. The summed E-state index contributed by atoms with van der Waals surface area (Å²) in [6, 6.07) is 15.6. The number of hydrogen-bond donors (Lipinski definition) is 0. The highest BCUT2D eigenvalue weighted by Gasteiger charge is 2.28. The first kappa shape index (κ1) is 17.5. The van der Waals surface area contributed by atoms with E-state index in [1.165, 1.54) is 11.3 Å². The Balaban J connectivity index is 1.42. The van der Waals surface area contributed by atoms with Gasteiger partial charge in [-0.2, -0.15) is 0 Å². The Morgan fingerprint density at radius 1 is 1.19 bits per heavy atom. The number of carbonyl (C=O) groups excluding carboxylic acids is 1. The quantitative estimate of drug-likeness (QED) is 0.668. The number of rotatable bonds is 5. The van der Waals surface area contributed by atoms with Crippen LogP contribution in [-0.2, 0) is 0 Å². The van der Waals surface area contributed by atoms with Crippen molar-refractivity contribution in [1.29, 1.82) is 0 Å². The Hall–Kier alpha value is -2.86. The summed E-state index contributed by atoms with van der Waals surface area (Å²) in [5.74, 6) is 0.855. The molecule has 1 amide bonds. The van der Waals surface area contributed by atoms with E-state index in [4.69, 9.17) is 9.47 Å². The van der Waals surface area contributed by atoms with Crippen molar-refractivity contribution in [3.63, 3.8) is 0 Å². The molecule has 27 heavy (non-hydrogen) atoms. The highest BCUT2D eigenvalue weighted by Crippen LogP contribution is 2.25. The lowest BCUT2D eigenvalue weighted by Crippen LogP contribution is -2.30. The third kappa shape index (κ3) is 3.95. The van der Waals surface area contributed by atoms with Crippen molar-refractivity contribution < 1.29 is 14.3 Å². The molecule has 0 aliphatic carbocycles. The van der Waals surface area contributed by atoms with Crippen molar-refractivity contribution >= 4 is 17.2 Å². The van der Waals surface area contributed by atoms with Gasteiger partial charge in [-0.25, -0.2) is 4.98 Å². The predicted molar refractivity (Wildman–Crippen MR) is 105 cm³/mol. The molecule has 1 aliphatic heterocycles. The van der Waals surface area contributed by atoms with Crippen LogP contribution >= 0.6 is 11.3 Å². The number of methoxy groups -OCH3 is 1. The van der Waals surface area contributed by atoms with E-state index < -0.39 is 0 Å². The molecule has 5 nitrogen and oxygen atoms in total. The maximum atomic E-state index is 12.8. The summed E-state index contributed by atoms with van der Waals surface area (Å²) in [6.45, 7) is 1.29. The van der Waals surface area contributed by atoms with Crippen LogP contribution in [0.5, 0.6) is 10.9 Å². The summed E-state index contributed by atoms with van der Waals surface area (Å²) in [7, 11) is 1.66. The van der Waals surface area contributed by atoms with Crippen LogP contribution in [0.25, 0.3) is 11.1 Å². The van der Waals surface area contributed by atoms with E-state index in [9.17, 15) is 4.79 Å².